The zero-order valence-corrected chi connectivity index (χ0v) is 18.4. The Hall–Kier alpha value is -1.57. The molecule has 0 spiro atoms. The van der Waals surface area contributed by atoms with E-state index in [1.54, 1.807) is 31.2 Å². The lowest BCUT2D eigenvalue weighted by molar-refractivity contribution is 0.0701. The van der Waals surface area contributed by atoms with E-state index in [0.29, 0.717) is 20.8 Å². The second-order valence-electron chi connectivity index (χ2n) is 7.22. The van der Waals surface area contributed by atoms with Gasteiger partial charge in [0.2, 0.25) is 7.37 Å². The van der Waals surface area contributed by atoms with E-state index in [0.717, 1.165) is 16.9 Å². The molecule has 0 saturated carbocycles. The molecule has 0 aliphatic rings. The molecule has 0 amide bonds. The summed E-state index contributed by atoms with van der Waals surface area (Å²) in [6.45, 7) is 7.75. The molecule has 144 valence electrons. The first-order valence-corrected chi connectivity index (χ1v) is 11.3. The summed E-state index contributed by atoms with van der Waals surface area (Å²) in [5.41, 5.74) is 1.01. The summed E-state index contributed by atoms with van der Waals surface area (Å²) in [6.07, 6.45) is -0.0126. The molecule has 2 aromatic rings. The van der Waals surface area contributed by atoms with Crippen LogP contribution in [0, 0.1) is 24.2 Å². The predicted octanol–water partition coefficient (Wildman–Crippen LogP) is 5.56. The van der Waals surface area contributed by atoms with Gasteiger partial charge in [0.15, 0.2) is 0 Å². The van der Waals surface area contributed by atoms with Gasteiger partial charge < -0.3 is 9.63 Å². The van der Waals surface area contributed by atoms with E-state index in [4.69, 9.17) is 16.1 Å². The van der Waals surface area contributed by atoms with Crippen LogP contribution in [0.5, 0.6) is 0 Å². The molecular formula is C20H22ClO4PS. The molecular weight excluding hydrogens is 403 g/mol. The van der Waals surface area contributed by atoms with Crippen LogP contribution in [0.1, 0.15) is 46.4 Å². The Morgan fingerprint density at radius 2 is 2.00 bits per heavy atom. The quantitative estimate of drug-likeness (QED) is 0.504. The van der Waals surface area contributed by atoms with Gasteiger partial charge in [-0.1, -0.05) is 23.4 Å². The summed E-state index contributed by atoms with van der Waals surface area (Å²) in [6, 6.07) is 6.74. The molecule has 0 aliphatic heterocycles. The first-order chi connectivity index (χ1) is 12.4. The Balaban J connectivity index is 2.49. The maximum absolute atomic E-state index is 13.5. The van der Waals surface area contributed by atoms with Crippen molar-refractivity contribution in [1.29, 1.82) is 0 Å². The van der Waals surface area contributed by atoms with Crippen LogP contribution in [0.2, 0.25) is 5.02 Å². The topological polar surface area (TPSA) is 63.6 Å². The normalized spacial score (nSPS) is 13.6. The Morgan fingerprint density at radius 3 is 2.52 bits per heavy atom. The minimum absolute atomic E-state index is 0.0126. The van der Waals surface area contributed by atoms with Gasteiger partial charge in [-0.05, 0) is 63.1 Å². The van der Waals surface area contributed by atoms with Crippen molar-refractivity contribution in [3.8, 4) is 11.8 Å². The minimum Gasteiger partial charge on any atom is -0.477 e. The SMILES string of the molecule is COP(=O)(Cc1cc(C#CC(C)(C)C)sc1C(=O)O)c1ccc(Cl)cc1C. The van der Waals surface area contributed by atoms with Crippen molar-refractivity contribution in [2.75, 3.05) is 7.11 Å². The molecule has 0 aliphatic carbocycles. The average Bonchev–Trinajstić information content (AvgIpc) is 2.95. The van der Waals surface area contributed by atoms with Crippen LogP contribution in [0.15, 0.2) is 24.3 Å². The summed E-state index contributed by atoms with van der Waals surface area (Å²) in [5, 5.41) is 10.6. The van der Waals surface area contributed by atoms with Crippen LogP contribution in [0.4, 0.5) is 0 Å². The number of carbonyl (C=O) groups is 1. The minimum atomic E-state index is -3.30. The molecule has 0 saturated heterocycles. The molecule has 1 aromatic carbocycles. The monoisotopic (exact) mass is 424 g/mol. The molecule has 1 N–H and O–H groups in total. The second kappa shape index (κ2) is 8.20. The summed E-state index contributed by atoms with van der Waals surface area (Å²) >= 11 is 7.08. The Bertz CT molecular complexity index is 976. The number of halogens is 1. The molecule has 7 heteroatoms. The third kappa shape index (κ3) is 5.46. The van der Waals surface area contributed by atoms with Crippen LogP contribution in [0.25, 0.3) is 0 Å². The molecule has 1 heterocycles. The molecule has 1 atom stereocenters. The summed E-state index contributed by atoms with van der Waals surface area (Å²) in [7, 11) is -1.92. The van der Waals surface area contributed by atoms with Crippen molar-refractivity contribution in [3.63, 3.8) is 0 Å². The number of aromatic carboxylic acids is 1. The lowest BCUT2D eigenvalue weighted by atomic mass is 9.98. The van der Waals surface area contributed by atoms with Crippen molar-refractivity contribution >= 4 is 41.6 Å². The van der Waals surface area contributed by atoms with E-state index >= 15 is 0 Å². The lowest BCUT2D eigenvalue weighted by Gasteiger charge is -2.18. The molecule has 2 rings (SSSR count). The number of hydrogen-bond acceptors (Lipinski definition) is 4. The standard InChI is InChI=1S/C20H22ClO4PS/c1-13-10-15(21)6-7-17(13)26(24,25-5)12-14-11-16(8-9-20(2,3)4)27-18(14)19(22)23/h6-7,10-11H,12H2,1-5H3,(H,22,23). The number of carboxylic acids is 1. The maximum Gasteiger partial charge on any atom is 0.346 e. The summed E-state index contributed by atoms with van der Waals surface area (Å²) in [4.78, 5) is 12.4. The third-order valence-corrected chi connectivity index (χ3v) is 7.66. The van der Waals surface area contributed by atoms with Crippen LogP contribution in [-0.2, 0) is 15.3 Å². The number of rotatable bonds is 5. The summed E-state index contributed by atoms with van der Waals surface area (Å²) < 4.78 is 18.9. The molecule has 4 nitrogen and oxygen atoms in total. The first kappa shape index (κ1) is 21.7. The van der Waals surface area contributed by atoms with Crippen molar-refractivity contribution in [2.24, 2.45) is 5.41 Å². The Labute approximate surface area is 169 Å². The maximum atomic E-state index is 13.5. The van der Waals surface area contributed by atoms with E-state index in [1.807, 2.05) is 20.8 Å². The lowest BCUT2D eigenvalue weighted by Crippen LogP contribution is -2.12. The first-order valence-electron chi connectivity index (χ1n) is 8.26. The third-order valence-electron chi connectivity index (χ3n) is 3.76. The number of carboxylic acid groups (broad SMARTS) is 1. The van der Waals surface area contributed by atoms with E-state index in [2.05, 4.69) is 11.8 Å². The van der Waals surface area contributed by atoms with E-state index in [9.17, 15) is 14.5 Å². The van der Waals surface area contributed by atoms with Gasteiger partial charge in [0, 0.05) is 22.9 Å². The molecule has 1 aromatic heterocycles. The highest BCUT2D eigenvalue weighted by atomic mass is 35.5. The molecule has 27 heavy (non-hydrogen) atoms. The highest BCUT2D eigenvalue weighted by molar-refractivity contribution is 7.66. The zero-order valence-electron chi connectivity index (χ0n) is 15.9. The number of aryl methyl sites for hydroxylation is 1. The molecule has 1 unspecified atom stereocenters. The van der Waals surface area contributed by atoms with Crippen LogP contribution >= 0.6 is 30.3 Å². The second-order valence-corrected chi connectivity index (χ2v) is 11.2. The van der Waals surface area contributed by atoms with Crippen molar-refractivity contribution in [2.45, 2.75) is 33.9 Å². The largest absolute Gasteiger partial charge is 0.477 e. The highest BCUT2D eigenvalue weighted by Gasteiger charge is 2.30. The fourth-order valence-corrected chi connectivity index (χ4v) is 5.82. The van der Waals surface area contributed by atoms with Crippen molar-refractivity contribution < 1.29 is 19.0 Å². The number of thiophene rings is 1. The molecule has 0 radical (unpaired) electrons. The van der Waals surface area contributed by atoms with Gasteiger partial charge >= 0.3 is 5.97 Å². The van der Waals surface area contributed by atoms with E-state index in [1.165, 1.54) is 7.11 Å². The molecule has 0 bridgehead atoms. The average molecular weight is 425 g/mol. The van der Waals surface area contributed by atoms with Crippen LogP contribution < -0.4 is 5.30 Å². The van der Waals surface area contributed by atoms with E-state index in [-0.39, 0.29) is 16.5 Å². The summed E-state index contributed by atoms with van der Waals surface area (Å²) in [5.74, 6) is 5.05. The highest BCUT2D eigenvalue weighted by Crippen LogP contribution is 2.50. The van der Waals surface area contributed by atoms with Crippen LogP contribution in [-0.4, -0.2) is 18.2 Å². The van der Waals surface area contributed by atoms with Crippen molar-refractivity contribution in [1.82, 2.24) is 0 Å². The van der Waals surface area contributed by atoms with Gasteiger partial charge in [0.25, 0.3) is 0 Å². The fourth-order valence-electron chi connectivity index (χ4n) is 2.51. The number of hydrogen-bond donors (Lipinski definition) is 1. The van der Waals surface area contributed by atoms with Gasteiger partial charge in [-0.15, -0.1) is 11.3 Å². The smallest absolute Gasteiger partial charge is 0.346 e. The van der Waals surface area contributed by atoms with Gasteiger partial charge in [-0.25, -0.2) is 4.79 Å². The Morgan fingerprint density at radius 1 is 1.33 bits per heavy atom. The van der Waals surface area contributed by atoms with Crippen molar-refractivity contribution in [3.05, 3.63) is 50.2 Å². The van der Waals surface area contributed by atoms with E-state index < -0.39 is 13.3 Å². The van der Waals surface area contributed by atoms with Crippen LogP contribution in [0.3, 0.4) is 0 Å². The van der Waals surface area contributed by atoms with Gasteiger partial charge in [0.05, 0.1) is 11.0 Å². The zero-order chi connectivity index (χ0) is 20.4. The number of benzene rings is 1. The Kier molecular flexibility index (Phi) is 6.60. The van der Waals surface area contributed by atoms with Gasteiger partial charge in [0.1, 0.15) is 4.88 Å². The fraction of sp³-hybridized carbons (Fsp3) is 0.350. The van der Waals surface area contributed by atoms with Gasteiger partial charge in [-0.2, -0.15) is 0 Å². The van der Waals surface area contributed by atoms with Gasteiger partial charge in [-0.3, -0.25) is 4.57 Å². The predicted molar refractivity (Wildman–Crippen MR) is 112 cm³/mol. The molecule has 0 fully saturated rings.